The van der Waals surface area contributed by atoms with Crippen LogP contribution in [-0.2, 0) is 0 Å². The Morgan fingerprint density at radius 3 is 2.27 bits per heavy atom. The molecule has 152 valence electrons. The maximum absolute atomic E-state index is 12.5. The standard InChI is InChI=1S/C23H20ClN3O3/c1-29-21-5-3-2-4-19(21)26-10-12-27(13-11-26)20-14-22(30-23(28)18(20)15-25)16-6-8-17(24)9-7-16/h2-9,14H,10-13H2,1H3. The first kappa shape index (κ1) is 19.9. The Labute approximate surface area is 179 Å². The molecule has 0 amide bonds. The van der Waals surface area contributed by atoms with Gasteiger partial charge in [0.2, 0.25) is 0 Å². The Kier molecular flexibility index (Phi) is 5.64. The normalized spacial score (nSPS) is 13.8. The van der Waals surface area contributed by atoms with Crippen molar-refractivity contribution in [3.8, 4) is 23.1 Å². The van der Waals surface area contributed by atoms with Gasteiger partial charge in [-0.25, -0.2) is 4.79 Å². The Hall–Kier alpha value is -3.43. The van der Waals surface area contributed by atoms with Crippen molar-refractivity contribution >= 4 is 23.0 Å². The summed E-state index contributed by atoms with van der Waals surface area (Å²) in [5.41, 5.74) is 1.76. The number of hydrogen-bond acceptors (Lipinski definition) is 6. The fourth-order valence-corrected chi connectivity index (χ4v) is 3.80. The number of methoxy groups -OCH3 is 1. The fraction of sp³-hybridized carbons (Fsp3) is 0.217. The largest absolute Gasteiger partial charge is 0.495 e. The van der Waals surface area contributed by atoms with Crippen molar-refractivity contribution in [2.75, 3.05) is 43.1 Å². The van der Waals surface area contributed by atoms with Gasteiger partial charge in [-0.15, -0.1) is 0 Å². The van der Waals surface area contributed by atoms with Crippen LogP contribution >= 0.6 is 11.6 Å². The van der Waals surface area contributed by atoms with Crippen LogP contribution in [0.4, 0.5) is 11.4 Å². The minimum absolute atomic E-state index is 0.0263. The summed E-state index contributed by atoms with van der Waals surface area (Å²) in [7, 11) is 1.66. The molecule has 1 aliphatic heterocycles. The first-order valence-corrected chi connectivity index (χ1v) is 9.95. The van der Waals surface area contributed by atoms with E-state index in [9.17, 15) is 10.1 Å². The van der Waals surface area contributed by atoms with Crippen molar-refractivity contribution in [3.63, 3.8) is 0 Å². The second kappa shape index (κ2) is 8.52. The number of benzene rings is 2. The summed E-state index contributed by atoms with van der Waals surface area (Å²) in [6.07, 6.45) is 0. The highest BCUT2D eigenvalue weighted by atomic mass is 35.5. The maximum Gasteiger partial charge on any atom is 0.356 e. The molecule has 2 heterocycles. The van der Waals surface area contributed by atoms with Gasteiger partial charge in [0.05, 0.1) is 18.5 Å². The van der Waals surface area contributed by atoms with Crippen LogP contribution in [0.15, 0.2) is 63.8 Å². The zero-order valence-corrected chi connectivity index (χ0v) is 17.2. The Balaban J connectivity index is 1.62. The average molecular weight is 422 g/mol. The van der Waals surface area contributed by atoms with Gasteiger partial charge in [-0.2, -0.15) is 5.26 Å². The number of ether oxygens (including phenoxy) is 1. The van der Waals surface area contributed by atoms with Crippen LogP contribution in [0.3, 0.4) is 0 Å². The topological polar surface area (TPSA) is 69.7 Å². The van der Waals surface area contributed by atoms with E-state index in [0.29, 0.717) is 29.6 Å². The molecule has 0 atom stereocenters. The second-order valence-corrected chi connectivity index (χ2v) is 7.36. The molecule has 1 saturated heterocycles. The smallest absolute Gasteiger partial charge is 0.356 e. The summed E-state index contributed by atoms with van der Waals surface area (Å²) in [5.74, 6) is 1.24. The van der Waals surface area contributed by atoms with E-state index >= 15 is 0 Å². The van der Waals surface area contributed by atoms with Gasteiger partial charge in [0.15, 0.2) is 5.56 Å². The van der Waals surface area contributed by atoms with E-state index < -0.39 is 5.63 Å². The Morgan fingerprint density at radius 2 is 1.63 bits per heavy atom. The summed E-state index contributed by atoms with van der Waals surface area (Å²) in [6, 6.07) is 18.7. The van der Waals surface area contributed by atoms with Gasteiger partial charge in [0.1, 0.15) is 17.6 Å². The SMILES string of the molecule is COc1ccccc1N1CCN(c2cc(-c3ccc(Cl)cc3)oc(=O)c2C#N)CC1. The van der Waals surface area contributed by atoms with Gasteiger partial charge >= 0.3 is 5.63 Å². The lowest BCUT2D eigenvalue weighted by atomic mass is 10.1. The lowest BCUT2D eigenvalue weighted by Crippen LogP contribution is -2.47. The highest BCUT2D eigenvalue weighted by Gasteiger charge is 2.24. The Morgan fingerprint density at radius 1 is 1.00 bits per heavy atom. The molecule has 1 aliphatic rings. The monoisotopic (exact) mass is 421 g/mol. The predicted octanol–water partition coefficient (Wildman–Crippen LogP) is 4.17. The number of nitrogens with zero attached hydrogens (tertiary/aromatic N) is 3. The number of piperazine rings is 1. The molecule has 0 unspecified atom stereocenters. The summed E-state index contributed by atoms with van der Waals surface area (Å²) >= 11 is 5.96. The van der Waals surface area contributed by atoms with E-state index in [0.717, 1.165) is 30.1 Å². The third-order valence-corrected chi connectivity index (χ3v) is 5.47. The molecule has 0 radical (unpaired) electrons. The summed E-state index contributed by atoms with van der Waals surface area (Å²) in [4.78, 5) is 16.8. The number of anilines is 2. The van der Waals surface area contributed by atoms with E-state index in [1.807, 2.05) is 30.3 Å². The molecule has 6 nitrogen and oxygen atoms in total. The van der Waals surface area contributed by atoms with E-state index in [1.54, 1.807) is 37.4 Å². The van der Waals surface area contributed by atoms with Gasteiger partial charge in [0.25, 0.3) is 0 Å². The van der Waals surface area contributed by atoms with Crippen molar-refractivity contribution in [2.45, 2.75) is 0 Å². The molecule has 3 aromatic rings. The predicted molar refractivity (Wildman–Crippen MR) is 118 cm³/mol. The van der Waals surface area contributed by atoms with Gasteiger partial charge in [-0.3, -0.25) is 0 Å². The summed E-state index contributed by atoms with van der Waals surface area (Å²) in [5, 5.41) is 10.1. The quantitative estimate of drug-likeness (QED) is 0.629. The number of nitriles is 1. The van der Waals surface area contributed by atoms with Gasteiger partial charge in [-0.1, -0.05) is 23.7 Å². The number of rotatable bonds is 4. The molecular formula is C23H20ClN3O3. The van der Waals surface area contributed by atoms with Crippen LogP contribution in [0.25, 0.3) is 11.3 Å². The number of halogens is 1. The first-order chi connectivity index (χ1) is 14.6. The molecular weight excluding hydrogens is 402 g/mol. The van der Waals surface area contributed by atoms with E-state index in [-0.39, 0.29) is 5.56 Å². The van der Waals surface area contributed by atoms with Crippen molar-refractivity contribution in [2.24, 2.45) is 0 Å². The zero-order valence-electron chi connectivity index (χ0n) is 16.5. The summed E-state index contributed by atoms with van der Waals surface area (Å²) in [6.45, 7) is 2.80. The highest BCUT2D eigenvalue weighted by molar-refractivity contribution is 6.30. The van der Waals surface area contributed by atoms with Crippen molar-refractivity contribution in [1.29, 1.82) is 5.26 Å². The molecule has 7 heteroatoms. The highest BCUT2D eigenvalue weighted by Crippen LogP contribution is 2.31. The third kappa shape index (κ3) is 3.85. The van der Waals surface area contributed by atoms with Crippen molar-refractivity contribution < 1.29 is 9.15 Å². The van der Waals surface area contributed by atoms with E-state index in [4.69, 9.17) is 20.8 Å². The van der Waals surface area contributed by atoms with Crippen molar-refractivity contribution in [3.05, 3.63) is 75.6 Å². The number of hydrogen-bond donors (Lipinski definition) is 0. The van der Waals surface area contributed by atoms with E-state index in [2.05, 4.69) is 9.80 Å². The number of para-hydroxylation sites is 2. The lowest BCUT2D eigenvalue weighted by molar-refractivity contribution is 0.413. The third-order valence-electron chi connectivity index (χ3n) is 5.22. The molecule has 0 saturated carbocycles. The minimum Gasteiger partial charge on any atom is -0.495 e. The van der Waals surface area contributed by atoms with Crippen LogP contribution in [0.5, 0.6) is 5.75 Å². The molecule has 1 aromatic heterocycles. The molecule has 30 heavy (non-hydrogen) atoms. The second-order valence-electron chi connectivity index (χ2n) is 6.92. The van der Waals surface area contributed by atoms with Gasteiger partial charge in [-0.05, 0) is 36.4 Å². The molecule has 0 bridgehead atoms. The molecule has 2 aromatic carbocycles. The molecule has 0 aliphatic carbocycles. The molecule has 0 spiro atoms. The summed E-state index contributed by atoms with van der Waals surface area (Å²) < 4.78 is 10.9. The minimum atomic E-state index is -0.632. The Bertz CT molecular complexity index is 1140. The van der Waals surface area contributed by atoms with Crippen LogP contribution in [0, 0.1) is 11.3 Å². The van der Waals surface area contributed by atoms with Crippen LogP contribution < -0.4 is 20.2 Å². The first-order valence-electron chi connectivity index (χ1n) is 9.58. The average Bonchev–Trinajstić information content (AvgIpc) is 2.79. The van der Waals surface area contributed by atoms with Crippen molar-refractivity contribution in [1.82, 2.24) is 0 Å². The molecule has 4 rings (SSSR count). The van der Waals surface area contributed by atoms with Gasteiger partial charge < -0.3 is 19.0 Å². The maximum atomic E-state index is 12.5. The zero-order chi connectivity index (χ0) is 21.1. The fourth-order valence-electron chi connectivity index (χ4n) is 3.67. The van der Waals surface area contributed by atoms with Crippen LogP contribution in [0.2, 0.25) is 5.02 Å². The molecule has 1 fully saturated rings. The van der Waals surface area contributed by atoms with Gasteiger partial charge in [0, 0.05) is 42.8 Å². The van der Waals surface area contributed by atoms with Crippen LogP contribution in [-0.4, -0.2) is 33.3 Å². The molecule has 0 N–H and O–H groups in total. The van der Waals surface area contributed by atoms with E-state index in [1.165, 1.54) is 0 Å². The van der Waals surface area contributed by atoms with Crippen LogP contribution in [0.1, 0.15) is 5.56 Å². The lowest BCUT2D eigenvalue weighted by Gasteiger charge is -2.38.